The van der Waals surface area contributed by atoms with Crippen molar-refractivity contribution in [2.75, 3.05) is 7.11 Å². The van der Waals surface area contributed by atoms with E-state index in [9.17, 15) is 18.3 Å². The van der Waals surface area contributed by atoms with Crippen LogP contribution in [0, 0.1) is 0 Å². The van der Waals surface area contributed by atoms with E-state index in [1.807, 2.05) is 0 Å². The Hall–Kier alpha value is -3.36. The van der Waals surface area contributed by atoms with Gasteiger partial charge in [-0.2, -0.15) is 18.3 Å². The number of halogens is 5. The molecule has 0 unspecified atom stereocenters. The zero-order valence-electron chi connectivity index (χ0n) is 17.6. The molecule has 0 atom stereocenters. The van der Waals surface area contributed by atoms with Crippen molar-refractivity contribution >= 4 is 23.2 Å². The van der Waals surface area contributed by atoms with E-state index in [1.165, 1.54) is 25.3 Å². The third kappa shape index (κ3) is 4.93. The number of hydrogen-bond donors (Lipinski definition) is 1. The van der Waals surface area contributed by atoms with Crippen LogP contribution in [0.15, 0.2) is 66.7 Å². The fourth-order valence-corrected chi connectivity index (χ4v) is 3.86. The monoisotopic (exact) mass is 508 g/mol. The van der Waals surface area contributed by atoms with Crippen molar-refractivity contribution in [1.82, 2.24) is 9.78 Å². The lowest BCUT2D eigenvalue weighted by Gasteiger charge is -2.12. The maximum atomic E-state index is 13.3. The van der Waals surface area contributed by atoms with Gasteiger partial charge in [-0.05, 0) is 53.6 Å². The van der Waals surface area contributed by atoms with Gasteiger partial charge < -0.3 is 14.6 Å². The number of phenols is 1. The second-order valence-electron chi connectivity index (χ2n) is 7.20. The Labute approximate surface area is 202 Å². The van der Waals surface area contributed by atoms with Crippen molar-refractivity contribution in [3.63, 3.8) is 0 Å². The number of para-hydroxylation sites is 1. The van der Waals surface area contributed by atoms with Crippen LogP contribution in [0.5, 0.6) is 17.2 Å². The molecule has 4 aromatic rings. The minimum atomic E-state index is -4.65. The minimum Gasteiger partial charge on any atom is -0.504 e. The molecule has 0 aliphatic rings. The van der Waals surface area contributed by atoms with Gasteiger partial charge in [0.1, 0.15) is 18.0 Å². The van der Waals surface area contributed by atoms with Crippen LogP contribution >= 0.6 is 23.2 Å². The van der Waals surface area contributed by atoms with E-state index in [0.717, 1.165) is 21.9 Å². The van der Waals surface area contributed by atoms with E-state index in [1.54, 1.807) is 42.5 Å². The van der Waals surface area contributed by atoms with Gasteiger partial charge in [0.15, 0.2) is 17.2 Å². The van der Waals surface area contributed by atoms with Crippen molar-refractivity contribution in [3.05, 3.63) is 88.2 Å². The van der Waals surface area contributed by atoms with Gasteiger partial charge in [-0.1, -0.05) is 47.5 Å². The lowest BCUT2D eigenvalue weighted by Crippen LogP contribution is -2.09. The number of methoxy groups -OCH3 is 1. The number of nitrogens with zero attached hydrogens (tertiary/aromatic N) is 2. The predicted molar refractivity (Wildman–Crippen MR) is 123 cm³/mol. The predicted octanol–water partition coefficient (Wildman–Crippen LogP) is 7.16. The molecule has 0 bridgehead atoms. The number of phenolic OH excluding ortho intramolecular Hbond substituents is 1. The molecule has 0 spiro atoms. The smallest absolute Gasteiger partial charge is 0.435 e. The van der Waals surface area contributed by atoms with Crippen molar-refractivity contribution in [2.45, 2.75) is 12.8 Å². The summed E-state index contributed by atoms with van der Waals surface area (Å²) < 4.78 is 51.9. The van der Waals surface area contributed by atoms with Gasteiger partial charge >= 0.3 is 6.18 Å². The van der Waals surface area contributed by atoms with E-state index >= 15 is 0 Å². The zero-order valence-corrected chi connectivity index (χ0v) is 19.1. The molecule has 4 rings (SSSR count). The first-order chi connectivity index (χ1) is 16.2. The van der Waals surface area contributed by atoms with Crippen LogP contribution in [0.4, 0.5) is 13.2 Å². The van der Waals surface area contributed by atoms with Crippen molar-refractivity contribution < 1.29 is 27.8 Å². The number of alkyl halides is 3. The fraction of sp³-hybridized carbons (Fsp3) is 0.125. The average molecular weight is 509 g/mol. The maximum absolute atomic E-state index is 13.3. The highest BCUT2D eigenvalue weighted by atomic mass is 35.5. The summed E-state index contributed by atoms with van der Waals surface area (Å²) in [5.74, 6) is 0.797. The number of hydrogen-bond acceptors (Lipinski definition) is 4. The Bertz CT molecular complexity index is 1300. The standard InChI is InChI=1S/C24H17Cl2F3N2O3/c1-33-21-11-15(7-10-20(21)32)14-5-8-17(9-6-14)34-13-16-12-22(24(27,28)29)30-31(16)23-18(25)3-2-4-19(23)26/h2-12,32H,13H2,1H3. The highest BCUT2D eigenvalue weighted by molar-refractivity contribution is 6.37. The quantitative estimate of drug-likeness (QED) is 0.300. The molecule has 10 heteroatoms. The molecular formula is C24H17Cl2F3N2O3. The van der Waals surface area contributed by atoms with Crippen LogP contribution in [0.1, 0.15) is 11.4 Å². The molecule has 34 heavy (non-hydrogen) atoms. The lowest BCUT2D eigenvalue weighted by molar-refractivity contribution is -0.141. The molecule has 1 aromatic heterocycles. The molecule has 0 fully saturated rings. The van der Waals surface area contributed by atoms with Crippen LogP contribution in [0.2, 0.25) is 10.0 Å². The molecule has 176 valence electrons. The fourth-order valence-electron chi connectivity index (χ4n) is 3.30. The van der Waals surface area contributed by atoms with Crippen LogP contribution in [0.25, 0.3) is 16.8 Å². The van der Waals surface area contributed by atoms with Gasteiger partial charge in [0.25, 0.3) is 0 Å². The largest absolute Gasteiger partial charge is 0.504 e. The maximum Gasteiger partial charge on any atom is 0.435 e. The lowest BCUT2D eigenvalue weighted by atomic mass is 10.1. The summed E-state index contributed by atoms with van der Waals surface area (Å²) in [6.07, 6.45) is -4.65. The summed E-state index contributed by atoms with van der Waals surface area (Å²) in [5.41, 5.74) is 0.810. The molecule has 0 radical (unpaired) electrons. The summed E-state index contributed by atoms with van der Waals surface area (Å²) in [5, 5.41) is 13.7. The highest BCUT2D eigenvalue weighted by Gasteiger charge is 2.35. The van der Waals surface area contributed by atoms with Gasteiger partial charge in [0.05, 0.1) is 22.8 Å². The molecule has 5 nitrogen and oxygen atoms in total. The number of aromatic hydroxyl groups is 1. The average Bonchev–Trinajstić information content (AvgIpc) is 3.23. The number of aromatic nitrogens is 2. The van der Waals surface area contributed by atoms with Gasteiger partial charge in [-0.25, -0.2) is 4.68 Å². The van der Waals surface area contributed by atoms with E-state index in [-0.39, 0.29) is 33.8 Å². The molecule has 0 amide bonds. The SMILES string of the molecule is COc1cc(-c2ccc(OCc3cc(C(F)(F)F)nn3-c3c(Cl)cccc3Cl)cc2)ccc1O. The number of ether oxygens (including phenoxy) is 2. The number of rotatable bonds is 6. The molecule has 1 heterocycles. The van der Waals surface area contributed by atoms with Crippen LogP contribution in [0.3, 0.4) is 0 Å². The van der Waals surface area contributed by atoms with Gasteiger partial charge in [-0.3, -0.25) is 0 Å². The normalized spacial score (nSPS) is 11.5. The molecule has 1 N–H and O–H groups in total. The second kappa shape index (κ2) is 9.48. The Morgan fingerprint density at radius 2 is 1.59 bits per heavy atom. The van der Waals surface area contributed by atoms with Gasteiger partial charge in [-0.15, -0.1) is 0 Å². The zero-order chi connectivity index (χ0) is 24.5. The van der Waals surface area contributed by atoms with Crippen LogP contribution in [-0.4, -0.2) is 22.0 Å². The molecular weight excluding hydrogens is 492 g/mol. The highest BCUT2D eigenvalue weighted by Crippen LogP contribution is 2.35. The summed E-state index contributed by atoms with van der Waals surface area (Å²) in [6.45, 7) is -0.211. The Kier molecular flexibility index (Phi) is 6.63. The van der Waals surface area contributed by atoms with E-state index in [0.29, 0.717) is 11.5 Å². The summed E-state index contributed by atoms with van der Waals surface area (Å²) in [4.78, 5) is 0. The first kappa shape index (κ1) is 23.8. The molecule has 0 aliphatic carbocycles. The molecule has 0 saturated carbocycles. The topological polar surface area (TPSA) is 56.5 Å². The van der Waals surface area contributed by atoms with Crippen molar-refractivity contribution in [1.29, 1.82) is 0 Å². The van der Waals surface area contributed by atoms with Gasteiger partial charge in [0, 0.05) is 0 Å². The number of benzene rings is 3. The summed E-state index contributed by atoms with van der Waals surface area (Å²) in [7, 11) is 1.46. The van der Waals surface area contributed by atoms with Crippen molar-refractivity contribution in [2.24, 2.45) is 0 Å². The summed E-state index contributed by atoms with van der Waals surface area (Å²) >= 11 is 12.4. The Balaban J connectivity index is 1.59. The Morgan fingerprint density at radius 1 is 0.941 bits per heavy atom. The summed E-state index contributed by atoms with van der Waals surface area (Å²) in [6, 6.07) is 17.4. The minimum absolute atomic E-state index is 0.0275. The van der Waals surface area contributed by atoms with E-state index < -0.39 is 11.9 Å². The van der Waals surface area contributed by atoms with Gasteiger partial charge in [0.2, 0.25) is 0 Å². The van der Waals surface area contributed by atoms with Crippen LogP contribution in [-0.2, 0) is 12.8 Å². The molecule has 0 saturated heterocycles. The second-order valence-corrected chi connectivity index (χ2v) is 8.01. The molecule has 3 aromatic carbocycles. The van der Waals surface area contributed by atoms with Crippen LogP contribution < -0.4 is 9.47 Å². The van der Waals surface area contributed by atoms with E-state index in [2.05, 4.69) is 5.10 Å². The third-order valence-electron chi connectivity index (χ3n) is 4.98. The van der Waals surface area contributed by atoms with E-state index in [4.69, 9.17) is 32.7 Å². The molecule has 0 aliphatic heterocycles. The van der Waals surface area contributed by atoms with Crippen molar-refractivity contribution in [3.8, 4) is 34.1 Å². The first-order valence-corrected chi connectivity index (χ1v) is 10.6. The first-order valence-electron chi connectivity index (χ1n) is 9.88. The third-order valence-corrected chi connectivity index (χ3v) is 5.59. The Morgan fingerprint density at radius 3 is 2.21 bits per heavy atom.